The zero-order chi connectivity index (χ0) is 13.3. The van der Waals surface area contributed by atoms with Crippen molar-refractivity contribution in [3.63, 3.8) is 0 Å². The lowest BCUT2D eigenvalue weighted by molar-refractivity contribution is -0.167. The van der Waals surface area contributed by atoms with E-state index in [4.69, 9.17) is 9.47 Å². The molecule has 1 saturated heterocycles. The molecule has 0 aromatic rings. The Kier molecular flexibility index (Phi) is 3.59. The Morgan fingerprint density at radius 3 is 2.35 bits per heavy atom. The summed E-state index contributed by atoms with van der Waals surface area (Å²) < 4.78 is 10.0. The molecule has 1 heterocycles. The van der Waals surface area contributed by atoms with Crippen LogP contribution in [0, 0.1) is 5.41 Å². The van der Waals surface area contributed by atoms with Crippen molar-refractivity contribution in [2.75, 3.05) is 6.61 Å². The Labute approximate surface area is 100 Å². The highest BCUT2D eigenvalue weighted by Gasteiger charge is 2.59. The average Bonchev–Trinajstić information content (AvgIpc) is 2.36. The number of carbonyl (C=O) groups is 3. The van der Waals surface area contributed by atoms with Crippen LogP contribution in [0.15, 0.2) is 0 Å². The third-order valence-electron chi connectivity index (χ3n) is 2.70. The Morgan fingerprint density at radius 1 is 1.41 bits per heavy atom. The van der Waals surface area contributed by atoms with Crippen LogP contribution >= 0.6 is 0 Å². The van der Waals surface area contributed by atoms with Crippen LogP contribution < -0.4 is 0 Å². The third-order valence-corrected chi connectivity index (χ3v) is 2.70. The molecule has 1 aliphatic heterocycles. The minimum absolute atomic E-state index is 0.159. The van der Waals surface area contributed by atoms with Gasteiger partial charge >= 0.3 is 11.9 Å². The second-order valence-corrected chi connectivity index (χ2v) is 5.01. The van der Waals surface area contributed by atoms with Gasteiger partial charge in [-0.15, -0.1) is 0 Å². The molecule has 0 spiro atoms. The summed E-state index contributed by atoms with van der Waals surface area (Å²) in [4.78, 5) is 35.1. The molecule has 0 radical (unpaired) electrons. The zero-order valence-corrected chi connectivity index (χ0v) is 10.7. The van der Waals surface area contributed by atoms with Gasteiger partial charge in [0.2, 0.25) is 0 Å². The van der Waals surface area contributed by atoms with Gasteiger partial charge in [-0.05, 0) is 27.7 Å². The van der Waals surface area contributed by atoms with Crippen LogP contribution in [-0.4, -0.2) is 29.9 Å². The lowest BCUT2D eigenvalue weighted by Crippen LogP contribution is -2.39. The van der Waals surface area contributed by atoms with Crippen molar-refractivity contribution in [1.29, 1.82) is 0 Å². The maximum Gasteiger partial charge on any atom is 0.324 e. The first-order valence-corrected chi connectivity index (χ1v) is 5.63. The van der Waals surface area contributed by atoms with E-state index >= 15 is 0 Å². The number of hydrogen-bond donors (Lipinski definition) is 0. The maximum absolute atomic E-state index is 11.9. The van der Waals surface area contributed by atoms with Gasteiger partial charge in [0.15, 0.2) is 5.41 Å². The molecule has 0 saturated carbocycles. The van der Waals surface area contributed by atoms with Crippen molar-refractivity contribution in [3.8, 4) is 0 Å². The summed E-state index contributed by atoms with van der Waals surface area (Å²) >= 11 is 0. The zero-order valence-electron chi connectivity index (χ0n) is 10.7. The standard InChI is InChI=1S/C12H18O5/c1-5-16-9(14)12(6-8(2)13)7-11(3,4)17-10(12)15/h5-7H2,1-4H3. The lowest BCUT2D eigenvalue weighted by Gasteiger charge is -2.22. The van der Waals surface area contributed by atoms with E-state index in [9.17, 15) is 14.4 Å². The highest BCUT2D eigenvalue weighted by atomic mass is 16.6. The SMILES string of the molecule is CCOC(=O)C1(CC(C)=O)CC(C)(C)OC1=O. The molecule has 1 rings (SSSR count). The van der Waals surface area contributed by atoms with Crippen LogP contribution in [0.3, 0.4) is 0 Å². The van der Waals surface area contributed by atoms with Crippen molar-refractivity contribution in [2.45, 2.75) is 46.1 Å². The number of ether oxygens (including phenoxy) is 2. The van der Waals surface area contributed by atoms with E-state index < -0.39 is 23.0 Å². The van der Waals surface area contributed by atoms with Gasteiger partial charge in [-0.25, -0.2) is 0 Å². The molecule has 96 valence electrons. The molecular weight excluding hydrogens is 224 g/mol. The van der Waals surface area contributed by atoms with Crippen LogP contribution in [0.5, 0.6) is 0 Å². The summed E-state index contributed by atoms with van der Waals surface area (Å²) in [5, 5.41) is 0. The Bertz CT molecular complexity index is 358. The first-order chi connectivity index (χ1) is 7.73. The second-order valence-electron chi connectivity index (χ2n) is 5.01. The molecule has 0 aromatic heterocycles. The fourth-order valence-electron chi connectivity index (χ4n) is 2.24. The highest BCUT2D eigenvalue weighted by molar-refractivity contribution is 6.05. The van der Waals surface area contributed by atoms with Crippen molar-refractivity contribution in [1.82, 2.24) is 0 Å². The monoisotopic (exact) mass is 242 g/mol. The summed E-state index contributed by atoms with van der Waals surface area (Å²) in [6.45, 7) is 6.61. The smallest absolute Gasteiger partial charge is 0.324 e. The minimum Gasteiger partial charge on any atom is -0.465 e. The van der Waals surface area contributed by atoms with Crippen LogP contribution in [0.1, 0.15) is 40.5 Å². The topological polar surface area (TPSA) is 69.7 Å². The molecule has 17 heavy (non-hydrogen) atoms. The average molecular weight is 242 g/mol. The van der Waals surface area contributed by atoms with Crippen molar-refractivity contribution in [3.05, 3.63) is 0 Å². The number of hydrogen-bond acceptors (Lipinski definition) is 5. The fourth-order valence-corrected chi connectivity index (χ4v) is 2.24. The molecule has 0 bridgehead atoms. The van der Waals surface area contributed by atoms with Gasteiger partial charge in [0.05, 0.1) is 6.61 Å². The van der Waals surface area contributed by atoms with Crippen LogP contribution in [0.2, 0.25) is 0 Å². The lowest BCUT2D eigenvalue weighted by atomic mass is 9.77. The predicted octanol–water partition coefficient (Wildman–Crippen LogP) is 1.24. The van der Waals surface area contributed by atoms with Crippen molar-refractivity contribution >= 4 is 17.7 Å². The van der Waals surface area contributed by atoms with Gasteiger partial charge in [-0.2, -0.15) is 0 Å². The molecule has 0 N–H and O–H groups in total. The third kappa shape index (κ3) is 2.65. The molecule has 1 aliphatic rings. The molecular formula is C12H18O5. The highest BCUT2D eigenvalue weighted by Crippen LogP contribution is 2.44. The molecule has 0 amide bonds. The fraction of sp³-hybridized carbons (Fsp3) is 0.750. The Balaban J connectivity index is 3.07. The number of Topliss-reactive ketones (excluding diaryl/α,β-unsaturated/α-hetero) is 1. The van der Waals surface area contributed by atoms with Gasteiger partial charge in [0.25, 0.3) is 0 Å². The van der Waals surface area contributed by atoms with E-state index in [1.54, 1.807) is 20.8 Å². The molecule has 1 atom stereocenters. The maximum atomic E-state index is 11.9. The van der Waals surface area contributed by atoms with E-state index in [-0.39, 0.29) is 25.2 Å². The molecule has 5 heteroatoms. The largest absolute Gasteiger partial charge is 0.465 e. The van der Waals surface area contributed by atoms with Crippen LogP contribution in [-0.2, 0) is 23.9 Å². The molecule has 5 nitrogen and oxygen atoms in total. The van der Waals surface area contributed by atoms with Gasteiger partial charge in [0, 0.05) is 12.8 Å². The first-order valence-electron chi connectivity index (χ1n) is 5.63. The van der Waals surface area contributed by atoms with Gasteiger partial charge < -0.3 is 9.47 Å². The van der Waals surface area contributed by atoms with E-state index in [1.807, 2.05) is 0 Å². The second kappa shape index (κ2) is 4.47. The Hall–Kier alpha value is -1.39. The predicted molar refractivity (Wildman–Crippen MR) is 59.2 cm³/mol. The summed E-state index contributed by atoms with van der Waals surface area (Å²) in [5.74, 6) is -1.55. The summed E-state index contributed by atoms with van der Waals surface area (Å²) in [6.07, 6.45) is 0.0192. The van der Waals surface area contributed by atoms with E-state index in [0.29, 0.717) is 0 Å². The van der Waals surface area contributed by atoms with Crippen molar-refractivity contribution < 1.29 is 23.9 Å². The number of rotatable bonds is 4. The molecule has 0 aliphatic carbocycles. The number of cyclic esters (lactones) is 1. The van der Waals surface area contributed by atoms with Crippen LogP contribution in [0.4, 0.5) is 0 Å². The number of carbonyl (C=O) groups excluding carboxylic acids is 3. The van der Waals surface area contributed by atoms with E-state index in [0.717, 1.165) is 0 Å². The van der Waals surface area contributed by atoms with Crippen molar-refractivity contribution in [2.24, 2.45) is 5.41 Å². The van der Waals surface area contributed by atoms with Gasteiger partial charge in [0.1, 0.15) is 11.4 Å². The summed E-state index contributed by atoms with van der Waals surface area (Å²) in [6, 6.07) is 0. The Morgan fingerprint density at radius 2 is 2.00 bits per heavy atom. The molecule has 1 fully saturated rings. The van der Waals surface area contributed by atoms with Gasteiger partial charge in [-0.3, -0.25) is 14.4 Å². The molecule has 1 unspecified atom stereocenters. The number of ketones is 1. The number of esters is 2. The molecule has 0 aromatic carbocycles. The van der Waals surface area contributed by atoms with E-state index in [1.165, 1.54) is 6.92 Å². The first kappa shape index (κ1) is 13.7. The van der Waals surface area contributed by atoms with Gasteiger partial charge in [-0.1, -0.05) is 0 Å². The quantitative estimate of drug-likeness (QED) is 0.548. The normalized spacial score (nSPS) is 26.5. The summed E-state index contributed by atoms with van der Waals surface area (Å²) in [7, 11) is 0. The minimum atomic E-state index is -1.45. The van der Waals surface area contributed by atoms with Crippen LogP contribution in [0.25, 0.3) is 0 Å². The van der Waals surface area contributed by atoms with E-state index in [2.05, 4.69) is 0 Å². The summed E-state index contributed by atoms with van der Waals surface area (Å²) in [5.41, 5.74) is -2.19.